The van der Waals surface area contributed by atoms with Crippen molar-refractivity contribution in [3.63, 3.8) is 0 Å². The molecule has 3 heteroatoms. The van der Waals surface area contributed by atoms with Gasteiger partial charge in [-0.25, -0.2) is 0 Å². The van der Waals surface area contributed by atoms with E-state index < -0.39 is 0 Å². The van der Waals surface area contributed by atoms with Crippen LogP contribution < -0.4 is 0 Å². The smallest absolute Gasteiger partial charge is 0.0957 e. The molecule has 1 aliphatic heterocycles. The van der Waals surface area contributed by atoms with Crippen LogP contribution in [-0.4, -0.2) is 28.8 Å². The quantitative estimate of drug-likeness (QED) is 0.817. The van der Waals surface area contributed by atoms with Gasteiger partial charge in [-0.2, -0.15) is 0 Å². The summed E-state index contributed by atoms with van der Waals surface area (Å²) in [5.41, 5.74) is 1.12. The minimum absolute atomic E-state index is 0.803. The molecule has 1 aromatic rings. The lowest BCUT2D eigenvalue weighted by molar-refractivity contribution is 0.369. The lowest BCUT2D eigenvalue weighted by Gasteiger charge is -2.29. The fourth-order valence-electron chi connectivity index (χ4n) is 1.93. The van der Waals surface area contributed by atoms with Crippen molar-refractivity contribution in [1.29, 1.82) is 5.41 Å². The van der Waals surface area contributed by atoms with E-state index >= 15 is 0 Å². The van der Waals surface area contributed by atoms with E-state index in [2.05, 4.69) is 9.88 Å². The molecule has 1 saturated heterocycles. The summed E-state index contributed by atoms with van der Waals surface area (Å²) >= 11 is 0. The Morgan fingerprint density at radius 2 is 2.27 bits per heavy atom. The van der Waals surface area contributed by atoms with Crippen LogP contribution in [0.3, 0.4) is 0 Å². The average Bonchev–Trinajstić information content (AvgIpc) is 2.29. The second kappa shape index (κ2) is 4.91. The van der Waals surface area contributed by atoms with E-state index in [1.807, 2.05) is 24.4 Å². The molecule has 0 bridgehead atoms. The number of aromatic nitrogens is 1. The summed E-state index contributed by atoms with van der Waals surface area (Å²) in [4.78, 5) is 6.47. The van der Waals surface area contributed by atoms with Crippen molar-refractivity contribution in [2.75, 3.05) is 13.1 Å². The number of pyridine rings is 1. The van der Waals surface area contributed by atoms with Gasteiger partial charge in [0.25, 0.3) is 0 Å². The maximum Gasteiger partial charge on any atom is 0.0957 e. The van der Waals surface area contributed by atoms with Gasteiger partial charge in [0, 0.05) is 37.8 Å². The van der Waals surface area contributed by atoms with Gasteiger partial charge in [-0.3, -0.25) is 10.4 Å². The van der Waals surface area contributed by atoms with E-state index in [1.165, 1.54) is 12.8 Å². The Morgan fingerprint density at radius 1 is 1.33 bits per heavy atom. The zero-order valence-corrected chi connectivity index (χ0v) is 8.95. The number of hydrogen-bond donors (Lipinski definition) is 1. The Hall–Kier alpha value is -1.38. The lowest BCUT2D eigenvalue weighted by atomic mass is 10.1. The Balaban J connectivity index is 1.85. The highest BCUT2D eigenvalue weighted by atomic mass is 15.2. The molecular weight excluding hydrogens is 186 g/mol. The largest absolute Gasteiger partial charge is 0.360 e. The van der Waals surface area contributed by atoms with Gasteiger partial charge < -0.3 is 4.90 Å². The van der Waals surface area contributed by atoms with Crippen molar-refractivity contribution in [1.82, 2.24) is 9.88 Å². The van der Waals surface area contributed by atoms with Gasteiger partial charge >= 0.3 is 0 Å². The van der Waals surface area contributed by atoms with Gasteiger partial charge in [0.2, 0.25) is 0 Å². The maximum atomic E-state index is 7.82. The van der Waals surface area contributed by atoms with Crippen LogP contribution >= 0.6 is 0 Å². The van der Waals surface area contributed by atoms with Crippen LogP contribution in [0.15, 0.2) is 24.4 Å². The topological polar surface area (TPSA) is 40.0 Å². The summed E-state index contributed by atoms with van der Waals surface area (Å²) in [6.45, 7) is 1.99. The standard InChI is InChI=1S/C12H17N3/c13-12-6-2-4-9-15(12)10-7-11-5-1-3-8-14-11/h1,3,5,8,13H,2,4,6-7,9-10H2. The van der Waals surface area contributed by atoms with Gasteiger partial charge in [-0.1, -0.05) is 6.07 Å². The van der Waals surface area contributed by atoms with Gasteiger partial charge in [0.1, 0.15) is 0 Å². The van der Waals surface area contributed by atoms with Crippen LogP contribution in [0.25, 0.3) is 0 Å². The van der Waals surface area contributed by atoms with Crippen LogP contribution in [0.2, 0.25) is 0 Å². The third-order valence-electron chi connectivity index (χ3n) is 2.84. The molecule has 2 rings (SSSR count). The van der Waals surface area contributed by atoms with Crippen molar-refractivity contribution in [2.45, 2.75) is 25.7 Å². The Morgan fingerprint density at radius 3 is 3.00 bits per heavy atom. The number of hydrogen-bond acceptors (Lipinski definition) is 2. The molecule has 15 heavy (non-hydrogen) atoms. The summed E-state index contributed by atoms with van der Waals surface area (Å²) in [5, 5.41) is 7.82. The van der Waals surface area contributed by atoms with Crippen LogP contribution in [-0.2, 0) is 6.42 Å². The zero-order chi connectivity index (χ0) is 10.5. The zero-order valence-electron chi connectivity index (χ0n) is 8.95. The van der Waals surface area contributed by atoms with Crippen LogP contribution in [0, 0.1) is 5.41 Å². The molecule has 0 aromatic carbocycles. The summed E-state index contributed by atoms with van der Waals surface area (Å²) in [5.74, 6) is 0.803. The Kier molecular flexibility index (Phi) is 3.33. The van der Waals surface area contributed by atoms with Crippen LogP contribution in [0.4, 0.5) is 0 Å². The molecule has 0 unspecified atom stereocenters. The summed E-state index contributed by atoms with van der Waals surface area (Å²) in [6, 6.07) is 6.00. The van der Waals surface area contributed by atoms with Crippen LogP contribution in [0.5, 0.6) is 0 Å². The first-order valence-electron chi connectivity index (χ1n) is 5.58. The van der Waals surface area contributed by atoms with Crippen molar-refractivity contribution < 1.29 is 0 Å². The first-order valence-corrected chi connectivity index (χ1v) is 5.58. The molecule has 80 valence electrons. The molecule has 0 saturated carbocycles. The molecule has 0 spiro atoms. The molecule has 3 nitrogen and oxygen atoms in total. The van der Waals surface area contributed by atoms with Crippen LogP contribution in [0.1, 0.15) is 25.0 Å². The highest BCUT2D eigenvalue weighted by Crippen LogP contribution is 2.11. The minimum Gasteiger partial charge on any atom is -0.360 e. The predicted molar refractivity (Wildman–Crippen MR) is 61.1 cm³/mol. The summed E-state index contributed by atoms with van der Waals surface area (Å²) in [6.07, 6.45) is 6.13. The van der Waals surface area contributed by atoms with Gasteiger partial charge in [0.05, 0.1) is 5.84 Å². The number of nitrogens with one attached hydrogen (secondary N) is 1. The average molecular weight is 203 g/mol. The molecule has 0 amide bonds. The fourth-order valence-corrected chi connectivity index (χ4v) is 1.93. The van der Waals surface area contributed by atoms with Gasteiger partial charge in [0.15, 0.2) is 0 Å². The second-order valence-corrected chi connectivity index (χ2v) is 3.96. The normalized spacial score (nSPS) is 16.8. The molecule has 1 N–H and O–H groups in total. The molecule has 2 heterocycles. The molecule has 0 radical (unpaired) electrons. The summed E-state index contributed by atoms with van der Waals surface area (Å²) in [7, 11) is 0. The van der Waals surface area contributed by atoms with Crippen molar-refractivity contribution in [3.05, 3.63) is 30.1 Å². The van der Waals surface area contributed by atoms with E-state index in [-0.39, 0.29) is 0 Å². The minimum atomic E-state index is 0.803. The molecule has 1 aromatic heterocycles. The van der Waals surface area contributed by atoms with E-state index in [9.17, 15) is 0 Å². The van der Waals surface area contributed by atoms with Gasteiger partial charge in [-0.05, 0) is 25.0 Å². The third kappa shape index (κ3) is 2.78. The monoisotopic (exact) mass is 203 g/mol. The van der Waals surface area contributed by atoms with E-state index in [0.29, 0.717) is 0 Å². The van der Waals surface area contributed by atoms with Gasteiger partial charge in [-0.15, -0.1) is 0 Å². The lowest BCUT2D eigenvalue weighted by Crippen LogP contribution is -2.36. The molecule has 1 aliphatic rings. The van der Waals surface area contributed by atoms with E-state index in [1.54, 1.807) is 0 Å². The molecule has 0 aliphatic carbocycles. The Labute approximate surface area is 90.6 Å². The van der Waals surface area contributed by atoms with E-state index in [4.69, 9.17) is 5.41 Å². The van der Waals surface area contributed by atoms with Crippen molar-refractivity contribution in [3.8, 4) is 0 Å². The molecule has 0 atom stereocenters. The number of nitrogens with zero attached hydrogens (tertiary/aromatic N) is 2. The number of rotatable bonds is 3. The van der Waals surface area contributed by atoms with Crippen molar-refractivity contribution >= 4 is 5.84 Å². The third-order valence-corrected chi connectivity index (χ3v) is 2.84. The van der Waals surface area contributed by atoms with Crippen molar-refractivity contribution in [2.24, 2.45) is 0 Å². The first-order chi connectivity index (χ1) is 7.36. The first kappa shape index (κ1) is 10.1. The molecule has 1 fully saturated rings. The SMILES string of the molecule is N=C1CCCCN1CCc1ccccn1. The highest BCUT2D eigenvalue weighted by Gasteiger charge is 2.14. The number of likely N-dealkylation sites (tertiary alicyclic amines) is 1. The highest BCUT2D eigenvalue weighted by molar-refractivity contribution is 5.79. The van der Waals surface area contributed by atoms with E-state index in [0.717, 1.165) is 37.5 Å². The number of piperidine rings is 1. The fraction of sp³-hybridized carbons (Fsp3) is 0.500. The number of amidine groups is 1. The Bertz CT molecular complexity index is 321. The maximum absolute atomic E-state index is 7.82. The second-order valence-electron chi connectivity index (χ2n) is 3.96. The molecular formula is C12H17N3. The predicted octanol–water partition coefficient (Wildman–Crippen LogP) is 2.09. The summed E-state index contributed by atoms with van der Waals surface area (Å²) < 4.78 is 0.